The largest absolute Gasteiger partial charge is 0.485 e. The first-order chi connectivity index (χ1) is 20.8. The maximum absolute atomic E-state index is 16.1. The molecule has 5 aromatic rings. The molecule has 0 unspecified atom stereocenters. The van der Waals surface area contributed by atoms with Gasteiger partial charge in [0.2, 0.25) is 5.82 Å². The van der Waals surface area contributed by atoms with E-state index in [1.165, 1.54) is 42.5 Å². The number of pyridine rings is 1. The average Bonchev–Trinajstić information content (AvgIpc) is 3.04. The highest BCUT2D eigenvalue weighted by Gasteiger charge is 2.45. The van der Waals surface area contributed by atoms with Gasteiger partial charge in [-0.15, -0.1) is 0 Å². The summed E-state index contributed by atoms with van der Waals surface area (Å²) in [5.74, 6) is -7.33. The minimum absolute atomic E-state index is 0.0800. The number of nitrogens with zero attached hydrogens (tertiary/aromatic N) is 2. The van der Waals surface area contributed by atoms with E-state index in [9.17, 15) is 19.6 Å². The van der Waals surface area contributed by atoms with Crippen LogP contribution in [0.4, 0.5) is 13.2 Å². The lowest BCUT2D eigenvalue weighted by Crippen LogP contribution is -2.34. The summed E-state index contributed by atoms with van der Waals surface area (Å²) < 4.78 is 55.6. The number of hydrogen-bond acceptors (Lipinski definition) is 6. The van der Waals surface area contributed by atoms with Crippen LogP contribution in [0.15, 0.2) is 114 Å². The van der Waals surface area contributed by atoms with Crippen LogP contribution in [0.5, 0.6) is 17.4 Å². The number of hydrogen-bond donors (Lipinski definition) is 1. The summed E-state index contributed by atoms with van der Waals surface area (Å²) in [5.41, 5.74) is 1.31. The van der Waals surface area contributed by atoms with Gasteiger partial charge in [-0.2, -0.15) is 19.0 Å². The van der Waals surface area contributed by atoms with Crippen LogP contribution in [0, 0.1) is 28.9 Å². The molecule has 0 fully saturated rings. The van der Waals surface area contributed by atoms with Crippen molar-refractivity contribution in [2.24, 2.45) is 0 Å². The highest BCUT2D eigenvalue weighted by atomic mass is 32.2. The van der Waals surface area contributed by atoms with Crippen LogP contribution in [0.1, 0.15) is 22.3 Å². The molecule has 0 aliphatic carbocycles. The number of carboxylic acids is 1. The molecule has 0 atom stereocenters. The molecule has 0 aliphatic heterocycles. The third kappa shape index (κ3) is 6.03. The van der Waals surface area contributed by atoms with Crippen molar-refractivity contribution >= 4 is 17.7 Å². The van der Waals surface area contributed by atoms with Gasteiger partial charge in [-0.3, -0.25) is 0 Å². The number of aliphatic carboxylic acids is 1. The van der Waals surface area contributed by atoms with Crippen LogP contribution < -0.4 is 9.47 Å². The lowest BCUT2D eigenvalue weighted by molar-refractivity contribution is -0.138. The Bertz CT molecular complexity index is 1760. The van der Waals surface area contributed by atoms with Gasteiger partial charge in [-0.1, -0.05) is 103 Å². The third-order valence-corrected chi connectivity index (χ3v) is 7.92. The fourth-order valence-electron chi connectivity index (χ4n) is 4.32. The minimum Gasteiger partial charge on any atom is -0.485 e. The fraction of sp³-hybridized carbons (Fsp3) is 0.0606. The molecule has 4 aromatic carbocycles. The van der Waals surface area contributed by atoms with Gasteiger partial charge in [-0.25, -0.2) is 9.18 Å². The zero-order valence-electron chi connectivity index (χ0n) is 22.2. The molecular weight excluding hydrogens is 577 g/mol. The van der Waals surface area contributed by atoms with E-state index in [0.29, 0.717) is 0 Å². The number of carboxylic acid groups (broad SMARTS) is 1. The SMILES string of the molecule is N#Cc1ccc(OCc2ccccc2)c(Oc2nc(F)c(F)c(SC(C(=O)O)(c3ccccc3)c3ccccc3)c2F)c1. The van der Waals surface area contributed by atoms with Gasteiger partial charge in [0.25, 0.3) is 11.8 Å². The molecule has 1 aromatic heterocycles. The molecule has 0 saturated heterocycles. The van der Waals surface area contributed by atoms with E-state index in [2.05, 4.69) is 4.98 Å². The monoisotopic (exact) mass is 598 g/mol. The summed E-state index contributed by atoms with van der Waals surface area (Å²) in [7, 11) is 0. The Morgan fingerprint density at radius 2 is 1.42 bits per heavy atom. The third-order valence-electron chi connectivity index (χ3n) is 6.40. The molecule has 0 amide bonds. The number of thioether (sulfide) groups is 1. The van der Waals surface area contributed by atoms with E-state index in [1.54, 1.807) is 36.4 Å². The molecule has 10 heteroatoms. The summed E-state index contributed by atoms with van der Waals surface area (Å²) >= 11 is 0.269. The molecule has 0 bridgehead atoms. The summed E-state index contributed by atoms with van der Waals surface area (Å²) in [6.07, 6.45) is 0. The fourth-order valence-corrected chi connectivity index (χ4v) is 5.57. The topological polar surface area (TPSA) is 92.4 Å². The number of aromatic nitrogens is 1. The Hall–Kier alpha value is -5.27. The van der Waals surface area contributed by atoms with Crippen LogP contribution in [0.25, 0.3) is 0 Å². The van der Waals surface area contributed by atoms with Crippen LogP contribution >= 0.6 is 11.8 Å². The zero-order valence-corrected chi connectivity index (χ0v) is 23.0. The molecule has 0 radical (unpaired) electrons. The van der Waals surface area contributed by atoms with Crippen LogP contribution in [0.2, 0.25) is 0 Å². The van der Waals surface area contributed by atoms with E-state index in [0.717, 1.165) is 5.56 Å². The summed E-state index contributed by atoms with van der Waals surface area (Å²) in [4.78, 5) is 15.3. The van der Waals surface area contributed by atoms with Gasteiger partial charge < -0.3 is 14.6 Å². The summed E-state index contributed by atoms with van der Waals surface area (Å²) in [6.45, 7) is 0.0905. The highest BCUT2D eigenvalue weighted by Crippen LogP contribution is 2.50. The molecule has 43 heavy (non-hydrogen) atoms. The molecular formula is C33H21F3N2O4S. The normalized spacial score (nSPS) is 11.0. The van der Waals surface area contributed by atoms with Gasteiger partial charge in [0.15, 0.2) is 22.1 Å². The Morgan fingerprint density at radius 3 is 1.98 bits per heavy atom. The van der Waals surface area contributed by atoms with Crippen molar-refractivity contribution in [2.75, 3.05) is 0 Å². The zero-order chi connectivity index (χ0) is 30.4. The Balaban J connectivity index is 1.59. The number of halogens is 3. The number of benzene rings is 4. The average molecular weight is 599 g/mol. The minimum atomic E-state index is -2.08. The molecule has 5 rings (SSSR count). The first-order valence-electron chi connectivity index (χ1n) is 12.8. The van der Waals surface area contributed by atoms with Crippen LogP contribution in [-0.4, -0.2) is 16.1 Å². The quantitative estimate of drug-likeness (QED) is 0.129. The van der Waals surface area contributed by atoms with Crippen molar-refractivity contribution < 1.29 is 32.5 Å². The highest BCUT2D eigenvalue weighted by molar-refractivity contribution is 8.01. The molecule has 0 aliphatic rings. The van der Waals surface area contributed by atoms with Crippen molar-refractivity contribution in [1.29, 1.82) is 5.26 Å². The maximum atomic E-state index is 16.1. The Labute approximate surface area is 249 Å². The van der Waals surface area contributed by atoms with Gasteiger partial charge in [0, 0.05) is 6.07 Å². The van der Waals surface area contributed by atoms with E-state index in [1.807, 2.05) is 36.4 Å². The molecule has 1 heterocycles. The Kier molecular flexibility index (Phi) is 8.64. The number of ether oxygens (including phenoxy) is 2. The summed E-state index contributed by atoms with van der Waals surface area (Å²) in [5, 5.41) is 19.9. The van der Waals surface area contributed by atoms with Gasteiger partial charge >= 0.3 is 5.97 Å². The second-order valence-electron chi connectivity index (χ2n) is 9.13. The predicted octanol–water partition coefficient (Wildman–Crippen LogP) is 7.86. The lowest BCUT2D eigenvalue weighted by Gasteiger charge is -2.30. The number of carbonyl (C=O) groups is 1. The van der Waals surface area contributed by atoms with Crippen molar-refractivity contribution in [1.82, 2.24) is 4.98 Å². The van der Waals surface area contributed by atoms with Crippen molar-refractivity contribution in [3.05, 3.63) is 149 Å². The predicted molar refractivity (Wildman–Crippen MR) is 153 cm³/mol. The molecule has 1 N–H and O–H groups in total. The van der Waals surface area contributed by atoms with Gasteiger partial charge in [0.1, 0.15) is 6.61 Å². The van der Waals surface area contributed by atoms with E-state index in [-0.39, 0.29) is 46.6 Å². The standard InChI is InChI=1S/C33H21F3N2O4S/c34-27-29(43-33(32(39)40,23-12-6-2-7-13-23)24-14-8-3-9-15-24)28(35)31(38-30(27)36)42-26-18-22(19-37)16-17-25(26)41-20-21-10-4-1-5-11-21/h1-18H,20H2,(H,39,40). The molecule has 6 nitrogen and oxygen atoms in total. The van der Waals surface area contributed by atoms with Crippen molar-refractivity contribution in [2.45, 2.75) is 16.2 Å². The second kappa shape index (κ2) is 12.7. The lowest BCUT2D eigenvalue weighted by atomic mass is 9.90. The van der Waals surface area contributed by atoms with Crippen LogP contribution in [0.3, 0.4) is 0 Å². The van der Waals surface area contributed by atoms with Gasteiger partial charge in [0.05, 0.1) is 16.5 Å². The van der Waals surface area contributed by atoms with E-state index in [4.69, 9.17) is 9.47 Å². The smallest absolute Gasteiger partial charge is 0.329 e. The molecule has 0 saturated carbocycles. The van der Waals surface area contributed by atoms with Crippen molar-refractivity contribution in [3.8, 4) is 23.4 Å². The number of nitriles is 1. The second-order valence-corrected chi connectivity index (χ2v) is 10.4. The first kappa shape index (κ1) is 29.2. The van der Waals surface area contributed by atoms with E-state index < -0.39 is 39.1 Å². The maximum Gasteiger partial charge on any atom is 0.329 e. The molecule has 0 spiro atoms. The first-order valence-corrected chi connectivity index (χ1v) is 13.6. The van der Waals surface area contributed by atoms with Crippen molar-refractivity contribution in [3.63, 3.8) is 0 Å². The van der Waals surface area contributed by atoms with Gasteiger partial charge in [-0.05, 0) is 28.8 Å². The number of rotatable bonds is 10. The van der Waals surface area contributed by atoms with Crippen LogP contribution in [-0.2, 0) is 16.1 Å². The van der Waals surface area contributed by atoms with E-state index >= 15 is 8.78 Å². The molecule has 214 valence electrons. The Morgan fingerprint density at radius 1 is 0.837 bits per heavy atom. The summed E-state index contributed by atoms with van der Waals surface area (Å²) in [6, 6.07) is 30.8.